The Morgan fingerprint density at radius 2 is 1.35 bits per heavy atom. The lowest BCUT2D eigenvalue weighted by Gasteiger charge is -2.24. The van der Waals surface area contributed by atoms with Crippen molar-refractivity contribution < 1.29 is 33.9 Å². The second-order valence-corrected chi connectivity index (χ2v) is 7.60. The molecule has 0 saturated heterocycles. The monoisotopic (exact) mass is 444 g/mol. The van der Waals surface area contributed by atoms with Gasteiger partial charge in [0.25, 0.3) is 0 Å². The third-order valence-electron chi connectivity index (χ3n) is 4.15. The lowest BCUT2D eigenvalue weighted by molar-refractivity contribution is -0.143. The van der Waals surface area contributed by atoms with Crippen molar-refractivity contribution in [1.29, 1.82) is 0 Å². The quantitative estimate of drug-likeness (QED) is 0.146. The Labute approximate surface area is 179 Å². The van der Waals surface area contributed by atoms with Crippen molar-refractivity contribution >= 4 is 35.5 Å². The molecule has 0 fully saturated rings. The average Bonchev–Trinajstić information content (AvgIpc) is 2.63. The van der Waals surface area contributed by atoms with Gasteiger partial charge in [0.05, 0.1) is 12.5 Å². The van der Waals surface area contributed by atoms with Crippen LogP contribution in [0.25, 0.3) is 0 Å². The van der Waals surface area contributed by atoms with Crippen LogP contribution in [0.5, 0.6) is 0 Å². The maximum Gasteiger partial charge on any atom is 0.326 e. The molecule has 10 N–H and O–H groups in total. The molecule has 0 aliphatic heterocycles. The van der Waals surface area contributed by atoms with Crippen LogP contribution < -0.4 is 33.2 Å². The molecule has 0 saturated carbocycles. The third kappa shape index (κ3) is 11.5. The summed E-state index contributed by atoms with van der Waals surface area (Å²) in [5, 5.41) is 16.0. The van der Waals surface area contributed by atoms with Gasteiger partial charge in [-0.25, -0.2) is 4.79 Å². The number of carboxylic acid groups (broad SMARTS) is 1. The van der Waals surface area contributed by atoms with E-state index < -0.39 is 66.1 Å². The predicted molar refractivity (Wildman–Crippen MR) is 109 cm³/mol. The summed E-state index contributed by atoms with van der Waals surface area (Å²) in [5.74, 6) is -5.20. The number of nitrogens with two attached hydrogens (primary N) is 3. The molecular weight excluding hydrogens is 412 g/mol. The van der Waals surface area contributed by atoms with Crippen molar-refractivity contribution in [3.63, 3.8) is 0 Å². The topological polar surface area (TPSA) is 237 Å². The van der Waals surface area contributed by atoms with Gasteiger partial charge in [0, 0.05) is 6.42 Å². The highest BCUT2D eigenvalue weighted by atomic mass is 16.4. The summed E-state index contributed by atoms with van der Waals surface area (Å²) in [5.41, 5.74) is 15.7. The summed E-state index contributed by atoms with van der Waals surface area (Å²) in [6.45, 7) is 4.94. The zero-order valence-corrected chi connectivity index (χ0v) is 17.8. The average molecular weight is 444 g/mol. The number of carbonyl (C=O) groups is 6. The minimum absolute atomic E-state index is 0.00557. The van der Waals surface area contributed by atoms with Crippen LogP contribution in [0.15, 0.2) is 0 Å². The largest absolute Gasteiger partial charge is 0.480 e. The number of primary amides is 2. The highest BCUT2D eigenvalue weighted by Crippen LogP contribution is 2.07. The van der Waals surface area contributed by atoms with E-state index in [1.54, 1.807) is 0 Å². The van der Waals surface area contributed by atoms with Crippen molar-refractivity contribution in [2.75, 3.05) is 0 Å². The molecular formula is C18H32N6O7. The zero-order valence-electron chi connectivity index (χ0n) is 17.8. The van der Waals surface area contributed by atoms with E-state index in [1.165, 1.54) is 6.92 Å². The van der Waals surface area contributed by atoms with Crippen LogP contribution in [0.3, 0.4) is 0 Å². The van der Waals surface area contributed by atoms with Crippen LogP contribution in [0.2, 0.25) is 0 Å². The normalized spacial score (nSPS) is 14.6. The molecule has 13 nitrogen and oxygen atoms in total. The highest BCUT2D eigenvalue weighted by molar-refractivity contribution is 5.94. The summed E-state index contributed by atoms with van der Waals surface area (Å²) in [6, 6.07) is -4.79. The van der Waals surface area contributed by atoms with Crippen molar-refractivity contribution in [2.45, 2.75) is 70.6 Å². The van der Waals surface area contributed by atoms with Gasteiger partial charge < -0.3 is 38.3 Å². The van der Waals surface area contributed by atoms with Crippen LogP contribution in [0.4, 0.5) is 0 Å². The van der Waals surface area contributed by atoms with Crippen LogP contribution in [0.1, 0.15) is 46.5 Å². The lowest BCUT2D eigenvalue weighted by Crippen LogP contribution is -2.56. The Kier molecular flexibility index (Phi) is 11.8. The van der Waals surface area contributed by atoms with Crippen molar-refractivity contribution in [2.24, 2.45) is 23.1 Å². The molecule has 31 heavy (non-hydrogen) atoms. The molecule has 0 aliphatic rings. The summed E-state index contributed by atoms with van der Waals surface area (Å²) >= 11 is 0. The highest BCUT2D eigenvalue weighted by Gasteiger charge is 2.29. The Balaban J connectivity index is 5.07. The minimum atomic E-state index is -1.54. The van der Waals surface area contributed by atoms with E-state index in [-0.39, 0.29) is 25.2 Å². The molecule has 0 aromatic heterocycles. The van der Waals surface area contributed by atoms with Crippen LogP contribution in [0, 0.1) is 5.92 Å². The van der Waals surface area contributed by atoms with Gasteiger partial charge in [-0.05, 0) is 25.7 Å². The first-order valence-electron chi connectivity index (χ1n) is 9.70. The SMILES string of the molecule is CC(C)CC(NC(=O)C(N)CCC(N)=O)C(=O)NC(C)C(=O)NC(CC(N)=O)C(=O)O. The van der Waals surface area contributed by atoms with Crippen molar-refractivity contribution in [3.8, 4) is 0 Å². The van der Waals surface area contributed by atoms with Gasteiger partial charge in [-0.15, -0.1) is 0 Å². The molecule has 0 spiro atoms. The van der Waals surface area contributed by atoms with E-state index in [0.717, 1.165) is 0 Å². The Morgan fingerprint density at radius 3 is 1.81 bits per heavy atom. The van der Waals surface area contributed by atoms with Crippen LogP contribution in [-0.4, -0.2) is 64.8 Å². The van der Waals surface area contributed by atoms with Gasteiger partial charge in [-0.2, -0.15) is 0 Å². The van der Waals surface area contributed by atoms with Crippen molar-refractivity contribution in [1.82, 2.24) is 16.0 Å². The van der Waals surface area contributed by atoms with Crippen LogP contribution in [-0.2, 0) is 28.8 Å². The van der Waals surface area contributed by atoms with E-state index >= 15 is 0 Å². The van der Waals surface area contributed by atoms with Gasteiger partial charge in [-0.1, -0.05) is 13.8 Å². The summed E-state index contributed by atoms with van der Waals surface area (Å²) in [7, 11) is 0. The molecule has 0 radical (unpaired) electrons. The second-order valence-electron chi connectivity index (χ2n) is 7.60. The molecule has 0 bridgehead atoms. The number of amides is 5. The van der Waals surface area contributed by atoms with Crippen molar-refractivity contribution in [3.05, 3.63) is 0 Å². The van der Waals surface area contributed by atoms with E-state index in [4.69, 9.17) is 22.3 Å². The fourth-order valence-corrected chi connectivity index (χ4v) is 2.49. The first kappa shape index (κ1) is 27.8. The number of carboxylic acids is 1. The molecule has 0 rings (SSSR count). The number of carbonyl (C=O) groups excluding carboxylic acids is 5. The molecule has 0 aliphatic carbocycles. The van der Waals surface area contributed by atoms with E-state index in [2.05, 4.69) is 16.0 Å². The molecule has 0 aromatic rings. The van der Waals surface area contributed by atoms with E-state index in [9.17, 15) is 28.8 Å². The molecule has 176 valence electrons. The Hall–Kier alpha value is -3.22. The molecule has 4 atom stereocenters. The molecule has 4 unspecified atom stereocenters. The fourth-order valence-electron chi connectivity index (χ4n) is 2.49. The first-order valence-corrected chi connectivity index (χ1v) is 9.70. The molecule has 0 heterocycles. The number of rotatable bonds is 14. The second kappa shape index (κ2) is 13.2. The number of aliphatic carboxylic acids is 1. The lowest BCUT2D eigenvalue weighted by atomic mass is 10.0. The summed E-state index contributed by atoms with van der Waals surface area (Å²) < 4.78 is 0. The van der Waals surface area contributed by atoms with Gasteiger partial charge in [0.2, 0.25) is 29.5 Å². The maximum atomic E-state index is 12.6. The molecule has 0 aromatic carbocycles. The maximum absolute atomic E-state index is 12.6. The van der Waals surface area contributed by atoms with E-state index in [1.807, 2.05) is 13.8 Å². The number of hydrogen-bond donors (Lipinski definition) is 7. The minimum Gasteiger partial charge on any atom is -0.480 e. The van der Waals surface area contributed by atoms with E-state index in [0.29, 0.717) is 0 Å². The van der Waals surface area contributed by atoms with Gasteiger partial charge in [-0.3, -0.25) is 24.0 Å². The predicted octanol–water partition coefficient (Wildman–Crippen LogP) is -2.94. The third-order valence-corrected chi connectivity index (χ3v) is 4.15. The molecule has 13 heteroatoms. The van der Waals surface area contributed by atoms with Gasteiger partial charge in [0.15, 0.2) is 0 Å². The number of hydrogen-bond acceptors (Lipinski definition) is 7. The summed E-state index contributed by atoms with van der Waals surface area (Å²) in [4.78, 5) is 70.0. The first-order chi connectivity index (χ1) is 14.2. The fraction of sp³-hybridized carbons (Fsp3) is 0.667. The Morgan fingerprint density at radius 1 is 0.806 bits per heavy atom. The number of nitrogens with one attached hydrogen (secondary N) is 3. The van der Waals surface area contributed by atoms with Crippen LogP contribution >= 0.6 is 0 Å². The molecule has 5 amide bonds. The van der Waals surface area contributed by atoms with Gasteiger partial charge >= 0.3 is 5.97 Å². The van der Waals surface area contributed by atoms with Gasteiger partial charge in [0.1, 0.15) is 18.1 Å². The zero-order chi connectivity index (χ0) is 24.3. The standard InChI is InChI=1S/C18H32N6O7/c1-8(2)6-11(23-16(28)10(19)4-5-13(20)25)17(29)22-9(3)15(27)24-12(18(30)31)7-14(21)26/h8-12H,4-7,19H2,1-3H3,(H2,20,25)(H2,21,26)(H,22,29)(H,23,28)(H,24,27)(H,30,31). The Bertz CT molecular complexity index is 697. The summed E-state index contributed by atoms with van der Waals surface area (Å²) in [6.07, 6.45) is -0.472. The smallest absolute Gasteiger partial charge is 0.326 e.